The Hall–Kier alpha value is -3.27. The summed E-state index contributed by atoms with van der Waals surface area (Å²) < 4.78 is 11.7. The number of aromatic nitrogens is 2. The molecule has 3 N–H and O–H groups in total. The number of aliphatic hydroxyl groups is 2. The second kappa shape index (κ2) is 14.9. The molecule has 1 aromatic heterocycles. The molecule has 0 aliphatic rings. The minimum absolute atomic E-state index is 0.00162. The van der Waals surface area contributed by atoms with Crippen LogP contribution in [0.2, 0.25) is 0 Å². The van der Waals surface area contributed by atoms with E-state index in [4.69, 9.17) is 19.4 Å². The molecule has 9 heteroatoms. The summed E-state index contributed by atoms with van der Waals surface area (Å²) >= 11 is 0. The van der Waals surface area contributed by atoms with E-state index in [2.05, 4.69) is 61.4 Å². The molecule has 0 bridgehead atoms. The van der Waals surface area contributed by atoms with Crippen LogP contribution >= 0.6 is 0 Å². The first-order valence-electron chi connectivity index (χ1n) is 14.1. The zero-order valence-corrected chi connectivity index (χ0v) is 24.7. The summed E-state index contributed by atoms with van der Waals surface area (Å²) in [5.41, 5.74) is 6.03. The van der Waals surface area contributed by atoms with E-state index in [1.54, 1.807) is 0 Å². The number of nitrogens with zero attached hydrogens (tertiary/aromatic N) is 3. The van der Waals surface area contributed by atoms with E-state index < -0.39 is 18.6 Å². The Kier molecular flexibility index (Phi) is 11.7. The van der Waals surface area contributed by atoms with Gasteiger partial charge in [-0.25, -0.2) is 0 Å². The molecule has 0 aliphatic carbocycles. The largest absolute Gasteiger partial charge is 0.490 e. The molecule has 0 saturated carbocycles. The van der Waals surface area contributed by atoms with Gasteiger partial charge in [-0.15, -0.1) is 0 Å². The maximum Gasteiger partial charge on any atom is 0.258 e. The van der Waals surface area contributed by atoms with Crippen molar-refractivity contribution in [1.29, 1.82) is 0 Å². The molecule has 2 aromatic carbocycles. The van der Waals surface area contributed by atoms with Crippen molar-refractivity contribution >= 4 is 5.91 Å². The molecule has 0 aliphatic heterocycles. The quantitative estimate of drug-likeness (QED) is 0.252. The van der Waals surface area contributed by atoms with E-state index >= 15 is 0 Å². The van der Waals surface area contributed by atoms with Gasteiger partial charge >= 0.3 is 0 Å². The van der Waals surface area contributed by atoms with Crippen molar-refractivity contribution in [1.82, 2.24) is 20.4 Å². The van der Waals surface area contributed by atoms with E-state index in [9.17, 15) is 9.90 Å². The highest BCUT2D eigenvalue weighted by Crippen LogP contribution is 2.32. The number of rotatable bonds is 15. The van der Waals surface area contributed by atoms with Gasteiger partial charge in [-0.2, -0.15) is 4.98 Å². The predicted molar refractivity (Wildman–Crippen MR) is 156 cm³/mol. The third-order valence-corrected chi connectivity index (χ3v) is 6.79. The molecular formula is C31H44N4O5. The third kappa shape index (κ3) is 8.61. The number of amides is 1. The van der Waals surface area contributed by atoms with Crippen molar-refractivity contribution in [2.45, 2.75) is 72.4 Å². The monoisotopic (exact) mass is 552 g/mol. The SMILES string of the molecule is CCCCN(C)Cc1cc(-c2nc(-c3cc(C)c(OCC(O)CNC(=O)CO)c(CC)c3)no2)cc(C(C)C)c1. The average Bonchev–Trinajstić information content (AvgIpc) is 3.44. The first-order valence-corrected chi connectivity index (χ1v) is 14.1. The Balaban J connectivity index is 1.82. The van der Waals surface area contributed by atoms with Gasteiger partial charge in [-0.3, -0.25) is 4.79 Å². The average molecular weight is 553 g/mol. The molecule has 218 valence electrons. The number of carbonyl (C=O) groups is 1. The molecular weight excluding hydrogens is 508 g/mol. The van der Waals surface area contributed by atoms with E-state index in [1.165, 1.54) is 24.0 Å². The molecule has 9 nitrogen and oxygen atoms in total. The molecule has 0 radical (unpaired) electrons. The summed E-state index contributed by atoms with van der Waals surface area (Å²) in [5.74, 6) is 1.50. The normalized spacial score (nSPS) is 12.2. The zero-order chi connectivity index (χ0) is 29.2. The Morgan fingerprint density at radius 1 is 1.15 bits per heavy atom. The van der Waals surface area contributed by atoms with E-state index in [0.29, 0.717) is 29.8 Å². The standard InChI is InChI=1S/C31H44N4O5/c1-7-9-10-35(6)17-22-12-24(20(3)4)15-26(13-22)31-33-30(34-40-31)25-11-21(5)29(23(8-2)14-25)39-19-27(37)16-32-28(38)18-36/h11-15,20,27,36-37H,7-10,16-19H2,1-6H3,(H,32,38). The van der Waals surface area contributed by atoms with Crippen LogP contribution < -0.4 is 10.1 Å². The van der Waals surface area contributed by atoms with E-state index in [1.807, 2.05) is 26.0 Å². The van der Waals surface area contributed by atoms with E-state index in [0.717, 1.165) is 35.3 Å². The molecule has 0 fully saturated rings. The summed E-state index contributed by atoms with van der Waals surface area (Å²) in [7, 11) is 2.15. The summed E-state index contributed by atoms with van der Waals surface area (Å²) in [4.78, 5) is 18.3. The van der Waals surface area contributed by atoms with E-state index in [-0.39, 0.29) is 13.2 Å². The van der Waals surface area contributed by atoms with Crippen LogP contribution in [0.15, 0.2) is 34.9 Å². The molecule has 0 saturated heterocycles. The van der Waals surface area contributed by atoms with Gasteiger partial charge in [0.15, 0.2) is 0 Å². The zero-order valence-electron chi connectivity index (χ0n) is 24.7. The lowest BCUT2D eigenvalue weighted by Gasteiger charge is -2.18. The first kappa shape index (κ1) is 31.3. The highest BCUT2D eigenvalue weighted by molar-refractivity contribution is 5.76. The smallest absolute Gasteiger partial charge is 0.258 e. The predicted octanol–water partition coefficient (Wildman–Crippen LogP) is 4.48. The van der Waals surface area contributed by atoms with Crippen LogP contribution in [0, 0.1) is 6.92 Å². The molecule has 1 amide bonds. The number of carbonyl (C=O) groups excluding carboxylic acids is 1. The Labute approximate surface area is 237 Å². The molecule has 40 heavy (non-hydrogen) atoms. The lowest BCUT2D eigenvalue weighted by atomic mass is 9.97. The minimum Gasteiger partial charge on any atom is -0.490 e. The molecule has 1 atom stereocenters. The summed E-state index contributed by atoms with van der Waals surface area (Å²) in [5, 5.41) is 25.7. The highest BCUT2D eigenvalue weighted by atomic mass is 16.5. The van der Waals surface area contributed by atoms with Crippen molar-refractivity contribution in [2.75, 3.05) is 33.4 Å². The van der Waals surface area contributed by atoms with Gasteiger partial charge in [0.1, 0.15) is 25.1 Å². The first-order chi connectivity index (χ1) is 19.1. The van der Waals surface area contributed by atoms with Crippen LogP contribution in [0.4, 0.5) is 0 Å². The van der Waals surface area contributed by atoms with Gasteiger partial charge in [0, 0.05) is 24.2 Å². The summed E-state index contributed by atoms with van der Waals surface area (Å²) in [6.45, 7) is 11.8. The number of ether oxygens (including phenoxy) is 1. The fourth-order valence-corrected chi connectivity index (χ4v) is 4.51. The Bertz CT molecular complexity index is 1260. The lowest BCUT2D eigenvalue weighted by Crippen LogP contribution is -2.36. The molecule has 1 heterocycles. The van der Waals surface area contributed by atoms with Crippen LogP contribution in [0.3, 0.4) is 0 Å². The topological polar surface area (TPSA) is 121 Å². The number of hydrogen-bond acceptors (Lipinski definition) is 8. The summed E-state index contributed by atoms with van der Waals surface area (Å²) in [6.07, 6.45) is 2.15. The second-order valence-electron chi connectivity index (χ2n) is 10.7. The number of nitrogens with one attached hydrogen (secondary N) is 1. The fraction of sp³-hybridized carbons (Fsp3) is 0.516. The number of aliphatic hydroxyl groups excluding tert-OH is 2. The van der Waals surface area contributed by atoms with Crippen molar-refractivity contribution in [2.24, 2.45) is 0 Å². The van der Waals surface area contributed by atoms with Crippen molar-refractivity contribution in [3.05, 3.63) is 52.6 Å². The highest BCUT2D eigenvalue weighted by Gasteiger charge is 2.18. The Morgan fingerprint density at radius 3 is 2.60 bits per heavy atom. The fourth-order valence-electron chi connectivity index (χ4n) is 4.51. The van der Waals surface area contributed by atoms with Crippen molar-refractivity contribution in [3.63, 3.8) is 0 Å². The molecule has 3 aromatic rings. The van der Waals surface area contributed by atoms with Crippen LogP contribution in [-0.4, -0.2) is 70.6 Å². The van der Waals surface area contributed by atoms with Crippen molar-refractivity contribution in [3.8, 4) is 28.6 Å². The number of aryl methyl sites for hydroxylation is 2. The second-order valence-corrected chi connectivity index (χ2v) is 10.7. The van der Waals surface area contributed by atoms with Gasteiger partial charge in [0.25, 0.3) is 5.89 Å². The van der Waals surface area contributed by atoms with Crippen LogP contribution in [0.25, 0.3) is 22.8 Å². The number of unbranched alkanes of at least 4 members (excludes halogenated alkanes) is 1. The number of benzene rings is 2. The lowest BCUT2D eigenvalue weighted by molar-refractivity contribution is -0.124. The van der Waals surface area contributed by atoms with Gasteiger partial charge in [-0.1, -0.05) is 45.3 Å². The van der Waals surface area contributed by atoms with Gasteiger partial charge in [-0.05, 0) is 85.8 Å². The van der Waals surface area contributed by atoms with Crippen LogP contribution in [0.5, 0.6) is 5.75 Å². The molecule has 1 unspecified atom stereocenters. The van der Waals surface area contributed by atoms with Gasteiger partial charge in [0.2, 0.25) is 11.7 Å². The molecule has 0 spiro atoms. The Morgan fingerprint density at radius 2 is 1.93 bits per heavy atom. The molecule has 3 rings (SSSR count). The maximum absolute atomic E-state index is 11.2. The maximum atomic E-state index is 11.2. The van der Waals surface area contributed by atoms with Gasteiger partial charge < -0.3 is 29.7 Å². The third-order valence-electron chi connectivity index (χ3n) is 6.79. The number of hydrogen-bond donors (Lipinski definition) is 3. The van der Waals surface area contributed by atoms with Crippen molar-refractivity contribution < 1.29 is 24.3 Å². The minimum atomic E-state index is -0.906. The summed E-state index contributed by atoms with van der Waals surface area (Å²) in [6, 6.07) is 10.5. The van der Waals surface area contributed by atoms with Gasteiger partial charge in [0.05, 0.1) is 0 Å². The van der Waals surface area contributed by atoms with Crippen LogP contribution in [-0.2, 0) is 17.8 Å². The van der Waals surface area contributed by atoms with Crippen LogP contribution in [0.1, 0.15) is 68.7 Å².